The van der Waals surface area contributed by atoms with Crippen molar-refractivity contribution in [2.24, 2.45) is 0 Å². The SMILES string of the molecule is Cc1ccc(NC(=O)Nc2ccc(Oc3ccc(-n4cccn4)nn3)cc2)c(C)c1. The Morgan fingerprint density at radius 2 is 1.80 bits per heavy atom. The van der Waals surface area contributed by atoms with E-state index in [1.165, 1.54) is 0 Å². The monoisotopic (exact) mass is 400 g/mol. The minimum absolute atomic E-state index is 0.310. The van der Waals surface area contributed by atoms with E-state index in [9.17, 15) is 4.79 Å². The zero-order valence-electron chi connectivity index (χ0n) is 16.5. The summed E-state index contributed by atoms with van der Waals surface area (Å²) >= 11 is 0. The number of aryl methyl sites for hydroxylation is 2. The van der Waals surface area contributed by atoms with Crippen LogP contribution in [0.1, 0.15) is 11.1 Å². The molecule has 2 aromatic carbocycles. The summed E-state index contributed by atoms with van der Waals surface area (Å²) in [6.07, 6.45) is 3.45. The maximum atomic E-state index is 12.2. The number of carbonyl (C=O) groups is 1. The van der Waals surface area contributed by atoms with E-state index in [-0.39, 0.29) is 6.03 Å². The van der Waals surface area contributed by atoms with Crippen LogP contribution in [0.3, 0.4) is 0 Å². The lowest BCUT2D eigenvalue weighted by Crippen LogP contribution is -2.19. The number of aromatic nitrogens is 4. The Bertz CT molecular complexity index is 1140. The van der Waals surface area contributed by atoms with E-state index in [2.05, 4.69) is 25.9 Å². The summed E-state index contributed by atoms with van der Waals surface area (Å²) in [5.74, 6) is 1.54. The molecule has 4 aromatic rings. The predicted molar refractivity (Wildman–Crippen MR) is 114 cm³/mol. The Labute approximate surface area is 173 Å². The van der Waals surface area contributed by atoms with Gasteiger partial charge < -0.3 is 15.4 Å². The zero-order valence-corrected chi connectivity index (χ0v) is 16.5. The largest absolute Gasteiger partial charge is 0.438 e. The standard InChI is InChI=1S/C22H20N6O2/c1-15-4-9-19(16(2)14-15)25-22(29)24-17-5-7-18(8-6-17)30-21-11-10-20(26-27-21)28-13-3-12-23-28/h3-14H,1-2H3,(H2,24,25,29). The molecule has 2 heterocycles. The lowest BCUT2D eigenvalue weighted by atomic mass is 10.1. The Morgan fingerprint density at radius 1 is 0.967 bits per heavy atom. The van der Waals surface area contributed by atoms with Gasteiger partial charge in [0.2, 0.25) is 5.88 Å². The molecule has 0 bridgehead atoms. The van der Waals surface area contributed by atoms with Crippen molar-refractivity contribution in [2.75, 3.05) is 10.6 Å². The second kappa shape index (κ2) is 8.44. The van der Waals surface area contributed by atoms with E-state index in [0.29, 0.717) is 23.1 Å². The smallest absolute Gasteiger partial charge is 0.323 e. The van der Waals surface area contributed by atoms with Gasteiger partial charge in [-0.05, 0) is 61.9 Å². The number of carbonyl (C=O) groups excluding carboxylic acids is 1. The summed E-state index contributed by atoms with van der Waals surface area (Å²) in [7, 11) is 0. The number of urea groups is 1. The van der Waals surface area contributed by atoms with Crippen molar-refractivity contribution in [1.82, 2.24) is 20.0 Å². The molecule has 2 aromatic heterocycles. The van der Waals surface area contributed by atoms with Crippen molar-refractivity contribution in [3.63, 3.8) is 0 Å². The molecule has 150 valence electrons. The molecule has 0 aliphatic rings. The maximum Gasteiger partial charge on any atom is 0.323 e. The molecule has 4 rings (SSSR count). The van der Waals surface area contributed by atoms with Gasteiger partial charge in [0.15, 0.2) is 5.82 Å². The molecule has 0 aliphatic heterocycles. The van der Waals surface area contributed by atoms with Crippen molar-refractivity contribution < 1.29 is 9.53 Å². The van der Waals surface area contributed by atoms with E-state index < -0.39 is 0 Å². The van der Waals surface area contributed by atoms with Crippen LogP contribution in [0.2, 0.25) is 0 Å². The quantitative estimate of drug-likeness (QED) is 0.506. The fourth-order valence-corrected chi connectivity index (χ4v) is 2.86. The van der Waals surface area contributed by atoms with Crippen molar-refractivity contribution in [2.45, 2.75) is 13.8 Å². The molecule has 0 saturated carbocycles. The number of nitrogens with zero attached hydrogens (tertiary/aromatic N) is 4. The first-order chi connectivity index (χ1) is 14.6. The number of benzene rings is 2. The molecular formula is C22H20N6O2. The summed E-state index contributed by atoms with van der Waals surface area (Å²) in [5.41, 5.74) is 3.57. The van der Waals surface area contributed by atoms with Crippen molar-refractivity contribution >= 4 is 17.4 Å². The molecular weight excluding hydrogens is 380 g/mol. The molecule has 0 atom stereocenters. The van der Waals surface area contributed by atoms with Crippen LogP contribution >= 0.6 is 0 Å². The Morgan fingerprint density at radius 3 is 2.47 bits per heavy atom. The highest BCUT2D eigenvalue weighted by atomic mass is 16.5. The first-order valence-electron chi connectivity index (χ1n) is 9.34. The van der Waals surface area contributed by atoms with Crippen LogP contribution in [0.5, 0.6) is 11.6 Å². The van der Waals surface area contributed by atoms with Crippen LogP contribution in [-0.4, -0.2) is 26.0 Å². The fraction of sp³-hybridized carbons (Fsp3) is 0.0909. The Hall–Kier alpha value is -4.20. The van der Waals surface area contributed by atoms with Gasteiger partial charge in [0.25, 0.3) is 0 Å². The van der Waals surface area contributed by atoms with Gasteiger partial charge in [-0.2, -0.15) is 5.10 Å². The van der Waals surface area contributed by atoms with Crippen LogP contribution in [0.4, 0.5) is 16.2 Å². The number of nitrogens with one attached hydrogen (secondary N) is 2. The molecule has 2 amide bonds. The Kier molecular flexibility index (Phi) is 5.38. The van der Waals surface area contributed by atoms with Gasteiger partial charge in [-0.25, -0.2) is 9.48 Å². The lowest BCUT2D eigenvalue weighted by molar-refractivity contribution is 0.262. The van der Waals surface area contributed by atoms with E-state index >= 15 is 0 Å². The maximum absolute atomic E-state index is 12.2. The summed E-state index contributed by atoms with van der Waals surface area (Å²) in [4.78, 5) is 12.2. The summed E-state index contributed by atoms with van der Waals surface area (Å²) in [6.45, 7) is 3.97. The van der Waals surface area contributed by atoms with Gasteiger partial charge in [0.05, 0.1) is 0 Å². The van der Waals surface area contributed by atoms with Gasteiger partial charge >= 0.3 is 6.03 Å². The third kappa shape index (κ3) is 4.61. The highest BCUT2D eigenvalue weighted by Crippen LogP contribution is 2.22. The molecule has 0 spiro atoms. The minimum Gasteiger partial charge on any atom is -0.438 e. The summed E-state index contributed by atoms with van der Waals surface area (Å²) in [5, 5.41) is 17.9. The number of ether oxygens (including phenoxy) is 1. The molecule has 2 N–H and O–H groups in total. The molecule has 0 fully saturated rings. The van der Waals surface area contributed by atoms with Crippen LogP contribution in [0.15, 0.2) is 73.1 Å². The number of rotatable bonds is 5. The van der Waals surface area contributed by atoms with E-state index in [0.717, 1.165) is 16.8 Å². The average Bonchev–Trinajstić information content (AvgIpc) is 3.27. The number of hydrogen-bond donors (Lipinski definition) is 2. The normalized spacial score (nSPS) is 10.5. The van der Waals surface area contributed by atoms with Crippen molar-refractivity contribution in [1.29, 1.82) is 0 Å². The number of amides is 2. The Balaban J connectivity index is 1.35. The first-order valence-corrected chi connectivity index (χ1v) is 9.34. The van der Waals surface area contributed by atoms with Crippen LogP contribution in [0, 0.1) is 13.8 Å². The topological polar surface area (TPSA) is 94.0 Å². The average molecular weight is 400 g/mol. The van der Waals surface area contributed by atoms with Crippen molar-refractivity contribution in [3.05, 3.63) is 84.2 Å². The van der Waals surface area contributed by atoms with Crippen LogP contribution in [0.25, 0.3) is 5.82 Å². The number of anilines is 2. The predicted octanol–water partition coefficient (Wildman–Crippen LogP) is 4.72. The third-order valence-electron chi connectivity index (χ3n) is 4.33. The summed E-state index contributed by atoms with van der Waals surface area (Å²) in [6, 6.07) is 17.8. The van der Waals surface area contributed by atoms with Gasteiger partial charge in [0.1, 0.15) is 5.75 Å². The van der Waals surface area contributed by atoms with Gasteiger partial charge in [-0.3, -0.25) is 0 Å². The second-order valence-corrected chi connectivity index (χ2v) is 6.70. The second-order valence-electron chi connectivity index (χ2n) is 6.70. The molecule has 8 nitrogen and oxygen atoms in total. The molecule has 0 saturated heterocycles. The molecule has 30 heavy (non-hydrogen) atoms. The molecule has 0 unspecified atom stereocenters. The van der Waals surface area contributed by atoms with Gasteiger partial charge in [-0.15, -0.1) is 10.2 Å². The van der Waals surface area contributed by atoms with E-state index in [1.54, 1.807) is 53.5 Å². The van der Waals surface area contributed by atoms with E-state index in [4.69, 9.17) is 4.74 Å². The molecule has 0 aliphatic carbocycles. The molecule has 0 radical (unpaired) electrons. The first kappa shape index (κ1) is 19.1. The number of hydrogen-bond acceptors (Lipinski definition) is 5. The molecule has 8 heteroatoms. The minimum atomic E-state index is -0.310. The summed E-state index contributed by atoms with van der Waals surface area (Å²) < 4.78 is 7.31. The fourth-order valence-electron chi connectivity index (χ4n) is 2.86. The lowest BCUT2D eigenvalue weighted by Gasteiger charge is -2.11. The van der Waals surface area contributed by atoms with Crippen LogP contribution in [-0.2, 0) is 0 Å². The zero-order chi connectivity index (χ0) is 20.9. The highest BCUT2D eigenvalue weighted by Gasteiger charge is 2.07. The van der Waals surface area contributed by atoms with Crippen molar-refractivity contribution in [3.8, 4) is 17.4 Å². The van der Waals surface area contributed by atoms with Gasteiger partial charge in [0, 0.05) is 29.8 Å². The van der Waals surface area contributed by atoms with E-state index in [1.807, 2.05) is 38.1 Å². The van der Waals surface area contributed by atoms with Crippen LogP contribution < -0.4 is 15.4 Å². The van der Waals surface area contributed by atoms with Gasteiger partial charge in [-0.1, -0.05) is 17.7 Å². The highest BCUT2D eigenvalue weighted by molar-refractivity contribution is 6.00. The third-order valence-corrected chi connectivity index (χ3v) is 4.33.